The molecule has 6 nitrogen and oxygen atoms in total. The van der Waals surface area contributed by atoms with Crippen molar-refractivity contribution in [3.8, 4) is 6.07 Å². The molecule has 2 aromatic rings. The minimum absolute atomic E-state index is 0.0876. The SMILES string of the molecule is Cc1cc(C#N)ccc1C(=O)N[C@H]1CCO[C@@H]1c1cnn(C)c1C. The van der Waals surface area contributed by atoms with Gasteiger partial charge in [-0.15, -0.1) is 0 Å². The van der Waals surface area contributed by atoms with Gasteiger partial charge in [0.05, 0.1) is 23.9 Å². The molecule has 0 spiro atoms. The lowest BCUT2D eigenvalue weighted by Gasteiger charge is -2.20. The molecule has 0 bridgehead atoms. The van der Waals surface area contributed by atoms with E-state index in [1.54, 1.807) is 29.1 Å². The van der Waals surface area contributed by atoms with E-state index in [1.165, 1.54) is 0 Å². The van der Waals surface area contributed by atoms with Crippen LogP contribution in [0, 0.1) is 25.2 Å². The fourth-order valence-corrected chi connectivity index (χ4v) is 3.07. The minimum Gasteiger partial charge on any atom is -0.371 e. The van der Waals surface area contributed by atoms with E-state index in [9.17, 15) is 4.79 Å². The Labute approximate surface area is 141 Å². The van der Waals surface area contributed by atoms with Gasteiger partial charge in [0, 0.05) is 30.5 Å². The number of ether oxygens (including phenoxy) is 1. The van der Waals surface area contributed by atoms with E-state index in [4.69, 9.17) is 10.00 Å². The zero-order valence-corrected chi connectivity index (χ0v) is 14.0. The van der Waals surface area contributed by atoms with Crippen molar-refractivity contribution in [2.24, 2.45) is 7.05 Å². The van der Waals surface area contributed by atoms with Crippen molar-refractivity contribution in [3.05, 3.63) is 52.3 Å². The lowest BCUT2D eigenvalue weighted by molar-refractivity contribution is 0.0818. The number of rotatable bonds is 3. The number of carbonyl (C=O) groups excluding carboxylic acids is 1. The molecule has 24 heavy (non-hydrogen) atoms. The molecule has 1 aliphatic rings. The summed E-state index contributed by atoms with van der Waals surface area (Å²) >= 11 is 0. The summed E-state index contributed by atoms with van der Waals surface area (Å²) in [6.45, 7) is 4.44. The fraction of sp³-hybridized carbons (Fsp3) is 0.389. The molecule has 1 aromatic heterocycles. The van der Waals surface area contributed by atoms with Gasteiger partial charge < -0.3 is 10.1 Å². The highest BCUT2D eigenvalue weighted by atomic mass is 16.5. The smallest absolute Gasteiger partial charge is 0.251 e. The molecule has 0 unspecified atom stereocenters. The number of carbonyl (C=O) groups is 1. The summed E-state index contributed by atoms with van der Waals surface area (Å²) in [6, 6.07) is 7.08. The quantitative estimate of drug-likeness (QED) is 0.938. The van der Waals surface area contributed by atoms with Gasteiger partial charge in [-0.2, -0.15) is 10.4 Å². The molecule has 1 saturated heterocycles. The van der Waals surface area contributed by atoms with Gasteiger partial charge in [0.25, 0.3) is 5.91 Å². The van der Waals surface area contributed by atoms with Crippen molar-refractivity contribution < 1.29 is 9.53 Å². The topological polar surface area (TPSA) is 79.9 Å². The molecule has 1 aliphatic heterocycles. The Kier molecular flexibility index (Phi) is 4.36. The van der Waals surface area contributed by atoms with E-state index < -0.39 is 0 Å². The first-order chi connectivity index (χ1) is 11.5. The number of hydrogen-bond acceptors (Lipinski definition) is 4. The van der Waals surface area contributed by atoms with Crippen LogP contribution >= 0.6 is 0 Å². The normalized spacial score (nSPS) is 19.9. The molecule has 1 N–H and O–H groups in total. The van der Waals surface area contributed by atoms with E-state index in [0.29, 0.717) is 17.7 Å². The van der Waals surface area contributed by atoms with Crippen LogP contribution in [0.5, 0.6) is 0 Å². The zero-order chi connectivity index (χ0) is 17.3. The molecular weight excluding hydrogens is 304 g/mol. The van der Waals surface area contributed by atoms with E-state index in [0.717, 1.165) is 23.2 Å². The first-order valence-corrected chi connectivity index (χ1v) is 7.93. The first-order valence-electron chi connectivity index (χ1n) is 7.93. The van der Waals surface area contributed by atoms with Crippen LogP contribution in [0.1, 0.15) is 45.3 Å². The Morgan fingerprint density at radius 3 is 2.88 bits per heavy atom. The number of nitrogens with one attached hydrogen (secondary N) is 1. The maximum absolute atomic E-state index is 12.6. The van der Waals surface area contributed by atoms with Gasteiger partial charge in [0.1, 0.15) is 6.10 Å². The third kappa shape index (κ3) is 2.91. The Bertz CT molecular complexity index is 819. The van der Waals surface area contributed by atoms with Crippen LogP contribution in [0.4, 0.5) is 0 Å². The molecule has 124 valence electrons. The number of nitriles is 1. The summed E-state index contributed by atoms with van der Waals surface area (Å²) in [5.74, 6) is -0.140. The fourth-order valence-electron chi connectivity index (χ4n) is 3.07. The van der Waals surface area contributed by atoms with Crippen LogP contribution in [0.25, 0.3) is 0 Å². The van der Waals surface area contributed by atoms with Gasteiger partial charge in [-0.05, 0) is 44.0 Å². The first kappa shape index (κ1) is 16.2. The maximum Gasteiger partial charge on any atom is 0.251 e. The summed E-state index contributed by atoms with van der Waals surface area (Å²) < 4.78 is 7.64. The molecule has 2 heterocycles. The third-order valence-corrected chi connectivity index (χ3v) is 4.59. The molecule has 0 radical (unpaired) electrons. The maximum atomic E-state index is 12.6. The average molecular weight is 324 g/mol. The largest absolute Gasteiger partial charge is 0.371 e. The van der Waals surface area contributed by atoms with Gasteiger partial charge in [0.2, 0.25) is 0 Å². The van der Waals surface area contributed by atoms with Crippen LogP contribution in [0.15, 0.2) is 24.4 Å². The number of benzene rings is 1. The standard InChI is InChI=1S/C18H20N4O2/c1-11-8-13(9-19)4-5-14(11)18(23)21-16-6-7-24-17(16)15-10-20-22(3)12(15)2/h4-5,8,10,16-17H,6-7H2,1-3H3,(H,21,23)/t16-,17+/m0/s1. The molecule has 1 fully saturated rings. The van der Waals surface area contributed by atoms with Crippen LogP contribution in [0.3, 0.4) is 0 Å². The van der Waals surface area contributed by atoms with Crippen LogP contribution in [-0.2, 0) is 11.8 Å². The van der Waals surface area contributed by atoms with Gasteiger partial charge in [-0.3, -0.25) is 9.48 Å². The van der Waals surface area contributed by atoms with E-state index in [1.807, 2.05) is 20.9 Å². The lowest BCUT2D eigenvalue weighted by atomic mass is 10.0. The van der Waals surface area contributed by atoms with Crippen LogP contribution in [0.2, 0.25) is 0 Å². The molecule has 1 amide bonds. The predicted molar refractivity (Wildman–Crippen MR) is 88.4 cm³/mol. The number of hydrogen-bond donors (Lipinski definition) is 1. The van der Waals surface area contributed by atoms with Crippen molar-refractivity contribution in [1.29, 1.82) is 5.26 Å². The van der Waals surface area contributed by atoms with Gasteiger partial charge >= 0.3 is 0 Å². The summed E-state index contributed by atoms with van der Waals surface area (Å²) in [5.41, 5.74) is 3.98. The van der Waals surface area contributed by atoms with Gasteiger partial charge in [-0.25, -0.2) is 0 Å². The van der Waals surface area contributed by atoms with Crippen LogP contribution < -0.4 is 5.32 Å². The number of aromatic nitrogens is 2. The Morgan fingerprint density at radius 1 is 1.46 bits per heavy atom. The van der Waals surface area contributed by atoms with Crippen molar-refractivity contribution in [2.45, 2.75) is 32.4 Å². The zero-order valence-electron chi connectivity index (χ0n) is 14.0. The Morgan fingerprint density at radius 2 is 2.25 bits per heavy atom. The molecule has 0 aliphatic carbocycles. The van der Waals surface area contributed by atoms with E-state index >= 15 is 0 Å². The van der Waals surface area contributed by atoms with E-state index in [2.05, 4.69) is 16.5 Å². The second-order valence-electron chi connectivity index (χ2n) is 6.11. The van der Waals surface area contributed by atoms with Gasteiger partial charge in [0.15, 0.2) is 0 Å². The summed E-state index contributed by atoms with van der Waals surface area (Å²) in [6.07, 6.45) is 2.39. The molecule has 3 rings (SSSR count). The van der Waals surface area contributed by atoms with Crippen molar-refractivity contribution in [1.82, 2.24) is 15.1 Å². The van der Waals surface area contributed by atoms with Crippen LogP contribution in [-0.4, -0.2) is 28.3 Å². The number of nitrogens with zero attached hydrogens (tertiary/aromatic N) is 3. The summed E-state index contributed by atoms with van der Waals surface area (Å²) in [5, 5.41) is 16.3. The predicted octanol–water partition coefficient (Wildman–Crippen LogP) is 2.17. The highest BCUT2D eigenvalue weighted by Gasteiger charge is 2.33. The Balaban J connectivity index is 1.79. The third-order valence-electron chi connectivity index (χ3n) is 4.59. The summed E-state index contributed by atoms with van der Waals surface area (Å²) in [4.78, 5) is 12.6. The second kappa shape index (κ2) is 6.46. The number of aryl methyl sites for hydroxylation is 2. The molecule has 6 heteroatoms. The monoisotopic (exact) mass is 324 g/mol. The van der Waals surface area contributed by atoms with Crippen molar-refractivity contribution in [3.63, 3.8) is 0 Å². The van der Waals surface area contributed by atoms with Crippen molar-refractivity contribution >= 4 is 5.91 Å². The second-order valence-corrected chi connectivity index (χ2v) is 6.11. The van der Waals surface area contributed by atoms with Gasteiger partial charge in [-0.1, -0.05) is 0 Å². The molecule has 1 aromatic carbocycles. The summed E-state index contributed by atoms with van der Waals surface area (Å²) in [7, 11) is 1.89. The molecular formula is C18H20N4O2. The highest BCUT2D eigenvalue weighted by Crippen LogP contribution is 2.31. The molecule has 0 saturated carbocycles. The average Bonchev–Trinajstić information content (AvgIpc) is 3.14. The number of amides is 1. The van der Waals surface area contributed by atoms with E-state index in [-0.39, 0.29) is 18.1 Å². The Hall–Kier alpha value is -2.65. The lowest BCUT2D eigenvalue weighted by Crippen LogP contribution is -2.37. The highest BCUT2D eigenvalue weighted by molar-refractivity contribution is 5.96. The molecule has 2 atom stereocenters. The van der Waals surface area contributed by atoms with Crippen molar-refractivity contribution in [2.75, 3.05) is 6.61 Å². The minimum atomic E-state index is -0.179.